The van der Waals surface area contributed by atoms with Crippen molar-refractivity contribution in [1.82, 2.24) is 9.80 Å². The van der Waals surface area contributed by atoms with Gasteiger partial charge in [0.05, 0.1) is 36.2 Å². The lowest BCUT2D eigenvalue weighted by atomic mass is 9.90. The summed E-state index contributed by atoms with van der Waals surface area (Å²) in [6.07, 6.45) is 4.46. The molecule has 0 amide bonds. The number of allylic oxidation sites excluding steroid dienone is 2. The van der Waals surface area contributed by atoms with E-state index in [1.807, 2.05) is 24.3 Å². The molecule has 1 aromatic carbocycles. The number of morpholine rings is 1. The van der Waals surface area contributed by atoms with Crippen LogP contribution in [0.3, 0.4) is 0 Å². The Labute approximate surface area is 171 Å². The van der Waals surface area contributed by atoms with Gasteiger partial charge in [-0.15, -0.1) is 0 Å². The van der Waals surface area contributed by atoms with Crippen LogP contribution >= 0.6 is 11.8 Å². The van der Waals surface area contributed by atoms with Gasteiger partial charge in [0, 0.05) is 37.3 Å². The highest BCUT2D eigenvalue weighted by Gasteiger charge is 2.47. The Bertz CT molecular complexity index is 816. The van der Waals surface area contributed by atoms with Crippen molar-refractivity contribution in [1.29, 1.82) is 0 Å². The quantitative estimate of drug-likeness (QED) is 0.682. The van der Waals surface area contributed by atoms with Crippen LogP contribution in [0.5, 0.6) is 5.75 Å². The maximum absolute atomic E-state index is 13.2. The Morgan fingerprint density at radius 2 is 2.00 bits per heavy atom. The Hall–Kier alpha value is -1.76. The molecule has 0 aromatic heterocycles. The molecule has 28 heavy (non-hydrogen) atoms. The molecular weight excluding hydrogens is 372 g/mol. The molecule has 0 saturated carbocycles. The molecule has 3 aliphatic rings. The number of ketones is 1. The first-order chi connectivity index (χ1) is 13.5. The average molecular weight is 401 g/mol. The van der Waals surface area contributed by atoms with Crippen molar-refractivity contribution in [2.24, 2.45) is 5.41 Å². The number of para-hydroxylation sites is 1. The molecule has 5 nitrogen and oxygen atoms in total. The van der Waals surface area contributed by atoms with Crippen molar-refractivity contribution in [2.75, 3.05) is 46.5 Å². The van der Waals surface area contributed by atoms with Crippen LogP contribution in [-0.4, -0.2) is 67.5 Å². The molecule has 0 spiro atoms. The van der Waals surface area contributed by atoms with Crippen LogP contribution in [0.15, 0.2) is 47.0 Å². The SMILES string of the molecule is COc1ccccc1C(=O)C1=CC2(C)C=C(C)N(CCN3CCOCC3)C2S1. The summed E-state index contributed by atoms with van der Waals surface area (Å²) in [5.41, 5.74) is 1.81. The van der Waals surface area contributed by atoms with Crippen LogP contribution in [0.4, 0.5) is 0 Å². The number of carbonyl (C=O) groups is 1. The monoisotopic (exact) mass is 400 g/mol. The maximum Gasteiger partial charge on any atom is 0.202 e. The fourth-order valence-electron chi connectivity index (χ4n) is 4.32. The predicted molar refractivity (Wildman–Crippen MR) is 113 cm³/mol. The number of fused-ring (bicyclic) bond motifs is 1. The molecule has 3 aliphatic heterocycles. The van der Waals surface area contributed by atoms with Gasteiger partial charge in [0.2, 0.25) is 5.78 Å². The number of methoxy groups -OCH3 is 1. The van der Waals surface area contributed by atoms with Gasteiger partial charge in [-0.1, -0.05) is 36.0 Å². The minimum atomic E-state index is -0.118. The summed E-state index contributed by atoms with van der Waals surface area (Å²) in [6, 6.07) is 7.46. The lowest BCUT2D eigenvalue weighted by molar-refractivity contribution is 0.0343. The lowest BCUT2D eigenvalue weighted by Crippen LogP contribution is -2.43. The first-order valence-electron chi connectivity index (χ1n) is 9.85. The second-order valence-corrected chi connectivity index (χ2v) is 8.93. The third-order valence-electron chi connectivity index (χ3n) is 5.81. The number of nitrogens with zero attached hydrogens (tertiary/aromatic N) is 2. The molecule has 0 aliphatic carbocycles. The van der Waals surface area contributed by atoms with Crippen molar-refractivity contribution in [3.8, 4) is 5.75 Å². The first-order valence-corrected chi connectivity index (χ1v) is 10.7. The summed E-state index contributed by atoms with van der Waals surface area (Å²) in [4.78, 5) is 18.9. The predicted octanol–water partition coefficient (Wildman–Crippen LogP) is 3.39. The number of ether oxygens (including phenoxy) is 2. The molecule has 2 atom stereocenters. The van der Waals surface area contributed by atoms with E-state index in [1.54, 1.807) is 18.9 Å². The highest BCUT2D eigenvalue weighted by Crippen LogP contribution is 2.53. The van der Waals surface area contributed by atoms with Crippen LogP contribution in [-0.2, 0) is 4.74 Å². The molecule has 3 heterocycles. The summed E-state index contributed by atoms with van der Waals surface area (Å²) in [7, 11) is 1.61. The fourth-order valence-corrected chi connectivity index (χ4v) is 5.89. The van der Waals surface area contributed by atoms with Crippen molar-refractivity contribution in [3.63, 3.8) is 0 Å². The van der Waals surface area contributed by atoms with Gasteiger partial charge in [-0.25, -0.2) is 0 Å². The number of hydrogen-bond acceptors (Lipinski definition) is 6. The highest BCUT2D eigenvalue weighted by molar-refractivity contribution is 8.04. The van der Waals surface area contributed by atoms with Crippen LogP contribution in [0.25, 0.3) is 0 Å². The topological polar surface area (TPSA) is 42.0 Å². The zero-order valence-electron chi connectivity index (χ0n) is 16.8. The van der Waals surface area contributed by atoms with Gasteiger partial charge < -0.3 is 14.4 Å². The molecule has 1 saturated heterocycles. The van der Waals surface area contributed by atoms with Gasteiger partial charge >= 0.3 is 0 Å². The van der Waals surface area contributed by atoms with Gasteiger partial charge in [0.1, 0.15) is 5.75 Å². The molecule has 2 unspecified atom stereocenters. The van der Waals surface area contributed by atoms with Crippen LogP contribution in [0.1, 0.15) is 24.2 Å². The number of carbonyl (C=O) groups excluding carboxylic acids is 1. The minimum Gasteiger partial charge on any atom is -0.496 e. The van der Waals surface area contributed by atoms with E-state index in [0.717, 1.165) is 44.3 Å². The number of benzene rings is 1. The van der Waals surface area contributed by atoms with E-state index in [2.05, 4.69) is 35.8 Å². The summed E-state index contributed by atoms with van der Waals surface area (Å²) >= 11 is 1.69. The smallest absolute Gasteiger partial charge is 0.202 e. The summed E-state index contributed by atoms with van der Waals surface area (Å²) < 4.78 is 10.8. The van der Waals surface area contributed by atoms with E-state index in [0.29, 0.717) is 11.3 Å². The maximum atomic E-state index is 13.2. The Kier molecular flexibility index (Phi) is 5.54. The molecule has 0 N–H and O–H groups in total. The highest BCUT2D eigenvalue weighted by atomic mass is 32.2. The third kappa shape index (κ3) is 3.61. The molecule has 0 radical (unpaired) electrons. The van der Waals surface area contributed by atoms with Gasteiger partial charge in [-0.05, 0) is 26.0 Å². The van der Waals surface area contributed by atoms with Gasteiger partial charge in [-0.3, -0.25) is 9.69 Å². The average Bonchev–Trinajstić information content (AvgIpc) is 3.16. The third-order valence-corrected chi connectivity index (χ3v) is 7.35. The Morgan fingerprint density at radius 1 is 1.25 bits per heavy atom. The molecule has 0 bridgehead atoms. The van der Waals surface area contributed by atoms with Gasteiger partial charge in [-0.2, -0.15) is 0 Å². The Morgan fingerprint density at radius 3 is 2.75 bits per heavy atom. The summed E-state index contributed by atoms with van der Waals surface area (Å²) in [6.45, 7) is 10.1. The van der Waals surface area contributed by atoms with Crippen LogP contribution in [0, 0.1) is 5.41 Å². The zero-order chi connectivity index (χ0) is 19.7. The van der Waals surface area contributed by atoms with E-state index < -0.39 is 0 Å². The second kappa shape index (κ2) is 7.93. The number of Topliss-reactive ketones (excluding diaryl/α,β-unsaturated/α-hetero) is 1. The van der Waals surface area contributed by atoms with Gasteiger partial charge in [0.15, 0.2) is 0 Å². The van der Waals surface area contributed by atoms with E-state index in [1.165, 1.54) is 5.70 Å². The number of rotatable bonds is 6. The van der Waals surface area contributed by atoms with Crippen molar-refractivity contribution in [3.05, 3.63) is 52.6 Å². The van der Waals surface area contributed by atoms with Crippen molar-refractivity contribution >= 4 is 17.5 Å². The van der Waals surface area contributed by atoms with Crippen molar-refractivity contribution < 1.29 is 14.3 Å². The van der Waals surface area contributed by atoms with E-state index in [9.17, 15) is 4.79 Å². The standard InChI is InChI=1S/C22H28N2O3S/c1-16-14-22(2)15-19(20(25)17-6-4-5-7-18(17)26-3)28-21(22)24(16)9-8-23-10-12-27-13-11-23/h4-7,14-15,21H,8-13H2,1-3H3. The van der Waals surface area contributed by atoms with Crippen molar-refractivity contribution in [2.45, 2.75) is 19.2 Å². The minimum absolute atomic E-state index is 0.0530. The van der Waals surface area contributed by atoms with Gasteiger partial charge in [0.25, 0.3) is 0 Å². The lowest BCUT2D eigenvalue weighted by Gasteiger charge is -2.34. The molecule has 150 valence electrons. The molecule has 1 fully saturated rings. The summed E-state index contributed by atoms with van der Waals surface area (Å²) in [5, 5.41) is 0.238. The molecule has 6 heteroatoms. The number of hydrogen-bond donors (Lipinski definition) is 0. The molecule has 1 aromatic rings. The largest absolute Gasteiger partial charge is 0.496 e. The summed E-state index contributed by atoms with van der Waals surface area (Å²) in [5.74, 6) is 0.685. The Balaban J connectivity index is 1.49. The van der Waals surface area contributed by atoms with E-state index in [4.69, 9.17) is 9.47 Å². The van der Waals surface area contributed by atoms with E-state index >= 15 is 0 Å². The van der Waals surface area contributed by atoms with E-state index in [-0.39, 0.29) is 16.6 Å². The molecule has 4 rings (SSSR count). The fraction of sp³-hybridized carbons (Fsp3) is 0.500. The molecular formula is C22H28N2O3S. The normalized spacial score (nSPS) is 27.4. The zero-order valence-corrected chi connectivity index (χ0v) is 17.6. The number of thioether (sulfide) groups is 1. The van der Waals surface area contributed by atoms with Crippen LogP contribution in [0.2, 0.25) is 0 Å². The second-order valence-electron chi connectivity index (χ2n) is 7.81. The first kappa shape index (κ1) is 19.6. The van der Waals surface area contributed by atoms with Crippen LogP contribution < -0.4 is 4.74 Å².